The summed E-state index contributed by atoms with van der Waals surface area (Å²) in [4.78, 5) is 18.3. The molecule has 0 amide bonds. The Labute approximate surface area is 214 Å². The van der Waals surface area contributed by atoms with E-state index in [0.29, 0.717) is 5.88 Å². The van der Waals surface area contributed by atoms with Gasteiger partial charge in [-0.2, -0.15) is 5.10 Å². The molecule has 9 heteroatoms. The predicted molar refractivity (Wildman–Crippen MR) is 142 cm³/mol. The Morgan fingerprint density at radius 2 is 1.73 bits per heavy atom. The van der Waals surface area contributed by atoms with Crippen LogP contribution in [-0.2, 0) is 6.54 Å². The summed E-state index contributed by atoms with van der Waals surface area (Å²) < 4.78 is 6.89. The molecule has 1 saturated heterocycles. The monoisotopic (exact) mass is 493 g/mol. The molecule has 0 bridgehead atoms. The number of fused-ring (bicyclic) bond motifs is 1. The predicted octanol–water partition coefficient (Wildman–Crippen LogP) is 3.89. The Morgan fingerprint density at radius 3 is 2.46 bits per heavy atom. The first kappa shape index (κ1) is 22.9. The van der Waals surface area contributed by atoms with Crippen LogP contribution in [0.25, 0.3) is 27.9 Å². The number of benzene rings is 1. The van der Waals surface area contributed by atoms with Crippen LogP contribution in [0.1, 0.15) is 5.56 Å². The van der Waals surface area contributed by atoms with Gasteiger partial charge in [0.15, 0.2) is 5.65 Å². The molecule has 0 radical (unpaired) electrons. The van der Waals surface area contributed by atoms with E-state index in [0.717, 1.165) is 66.4 Å². The third-order valence-electron chi connectivity index (χ3n) is 6.76. The molecule has 1 fully saturated rings. The van der Waals surface area contributed by atoms with E-state index in [1.54, 1.807) is 17.7 Å². The minimum Gasteiger partial charge on any atom is -0.507 e. The zero-order chi connectivity index (χ0) is 25.2. The summed E-state index contributed by atoms with van der Waals surface area (Å²) in [5, 5.41) is 14.7. The minimum atomic E-state index is 0.226. The maximum absolute atomic E-state index is 10.4. The number of anilines is 1. The molecule has 1 aliphatic heterocycles. The minimum absolute atomic E-state index is 0.226. The van der Waals surface area contributed by atoms with E-state index in [1.165, 1.54) is 11.9 Å². The van der Waals surface area contributed by atoms with Crippen LogP contribution in [0.2, 0.25) is 0 Å². The molecule has 0 atom stereocenters. The van der Waals surface area contributed by atoms with Gasteiger partial charge < -0.3 is 14.7 Å². The lowest BCUT2D eigenvalue weighted by molar-refractivity contribution is 0.249. The lowest BCUT2D eigenvalue weighted by Crippen LogP contribution is -2.46. The first-order chi connectivity index (χ1) is 18.2. The van der Waals surface area contributed by atoms with Gasteiger partial charge in [-0.05, 0) is 29.8 Å². The highest BCUT2D eigenvalue weighted by molar-refractivity contribution is 5.83. The first-order valence-electron chi connectivity index (χ1n) is 12.2. The van der Waals surface area contributed by atoms with E-state index in [2.05, 4.69) is 43.1 Å². The van der Waals surface area contributed by atoms with Crippen LogP contribution in [0.15, 0.2) is 79.5 Å². The van der Waals surface area contributed by atoms with Crippen LogP contribution in [0.5, 0.6) is 11.6 Å². The summed E-state index contributed by atoms with van der Waals surface area (Å²) in [6.07, 6.45) is 7.19. The first-order valence-corrected chi connectivity index (χ1v) is 12.2. The fraction of sp³-hybridized carbons (Fsp3) is 0.214. The number of phenolic OH excluding ortho intramolecular Hbond substituents is 1. The van der Waals surface area contributed by atoms with Crippen LogP contribution < -0.4 is 9.64 Å². The van der Waals surface area contributed by atoms with Gasteiger partial charge in [-0.3, -0.25) is 4.90 Å². The van der Waals surface area contributed by atoms with Crippen molar-refractivity contribution in [3.63, 3.8) is 0 Å². The van der Waals surface area contributed by atoms with Gasteiger partial charge in [0.05, 0.1) is 7.11 Å². The van der Waals surface area contributed by atoms with Crippen LogP contribution in [-0.4, -0.2) is 67.9 Å². The van der Waals surface area contributed by atoms with Crippen molar-refractivity contribution in [2.24, 2.45) is 0 Å². The van der Waals surface area contributed by atoms with Crippen LogP contribution in [0, 0.1) is 0 Å². The number of ether oxygens (including phenoxy) is 1. The molecule has 37 heavy (non-hydrogen) atoms. The zero-order valence-electron chi connectivity index (χ0n) is 20.5. The van der Waals surface area contributed by atoms with Crippen LogP contribution in [0.3, 0.4) is 0 Å². The highest BCUT2D eigenvalue weighted by Crippen LogP contribution is 2.33. The number of phenols is 1. The SMILES string of the molecule is COc1ccc(CN2CCN(c3ccc(-c4cc(-c5ccccc5O)cn5ncnc45)cn3)CC2)cn1. The molecule has 1 aliphatic rings. The van der Waals surface area contributed by atoms with Gasteiger partial charge in [-0.25, -0.2) is 19.5 Å². The van der Waals surface area contributed by atoms with Crippen molar-refractivity contribution >= 4 is 11.5 Å². The molecule has 186 valence electrons. The topological polar surface area (TPSA) is 91.9 Å². The van der Waals surface area contributed by atoms with Gasteiger partial charge in [0.1, 0.15) is 17.9 Å². The van der Waals surface area contributed by atoms with Crippen molar-refractivity contribution in [2.75, 3.05) is 38.2 Å². The maximum Gasteiger partial charge on any atom is 0.212 e. The van der Waals surface area contributed by atoms with Crippen LogP contribution >= 0.6 is 0 Å². The van der Waals surface area contributed by atoms with Gasteiger partial charge in [-0.1, -0.05) is 24.3 Å². The molecule has 0 saturated carbocycles. The molecule has 4 aromatic heterocycles. The summed E-state index contributed by atoms with van der Waals surface area (Å²) >= 11 is 0. The molecule has 5 heterocycles. The average molecular weight is 494 g/mol. The smallest absolute Gasteiger partial charge is 0.212 e. The summed E-state index contributed by atoms with van der Waals surface area (Å²) in [5.74, 6) is 1.82. The third kappa shape index (κ3) is 4.68. The van der Waals surface area contributed by atoms with E-state index >= 15 is 0 Å². The van der Waals surface area contributed by atoms with Gasteiger partial charge in [0.25, 0.3) is 0 Å². The number of hydrogen-bond donors (Lipinski definition) is 1. The number of aromatic hydroxyl groups is 1. The fourth-order valence-corrected chi connectivity index (χ4v) is 4.75. The quantitative estimate of drug-likeness (QED) is 0.381. The Hall–Kier alpha value is -4.50. The number of hydrogen-bond acceptors (Lipinski definition) is 8. The Morgan fingerprint density at radius 1 is 0.865 bits per heavy atom. The van der Waals surface area contributed by atoms with Gasteiger partial charge in [0, 0.05) is 79.6 Å². The Bertz CT molecular complexity index is 1510. The molecule has 0 unspecified atom stereocenters. The van der Waals surface area contributed by atoms with E-state index in [9.17, 15) is 5.11 Å². The maximum atomic E-state index is 10.4. The van der Waals surface area contributed by atoms with E-state index in [4.69, 9.17) is 9.72 Å². The molecule has 6 rings (SSSR count). The molecule has 1 N–H and O–H groups in total. The number of pyridine rings is 3. The van der Waals surface area contributed by atoms with Crippen molar-refractivity contribution in [1.29, 1.82) is 0 Å². The van der Waals surface area contributed by atoms with E-state index < -0.39 is 0 Å². The zero-order valence-corrected chi connectivity index (χ0v) is 20.5. The lowest BCUT2D eigenvalue weighted by Gasteiger charge is -2.35. The number of aromatic nitrogens is 5. The highest BCUT2D eigenvalue weighted by Gasteiger charge is 2.19. The molecule has 9 nitrogen and oxygen atoms in total. The van der Waals surface area contributed by atoms with Gasteiger partial charge in [0.2, 0.25) is 5.88 Å². The second kappa shape index (κ2) is 9.87. The molecule has 0 aliphatic carbocycles. The lowest BCUT2D eigenvalue weighted by atomic mass is 10.0. The van der Waals surface area contributed by atoms with Crippen molar-refractivity contribution < 1.29 is 9.84 Å². The second-order valence-electron chi connectivity index (χ2n) is 9.06. The molecular weight excluding hydrogens is 466 g/mol. The Balaban J connectivity index is 1.18. The van der Waals surface area contributed by atoms with Crippen molar-refractivity contribution in [1.82, 2.24) is 29.5 Å². The summed E-state index contributed by atoms with van der Waals surface area (Å²) in [6.45, 7) is 4.61. The second-order valence-corrected chi connectivity index (χ2v) is 9.06. The largest absolute Gasteiger partial charge is 0.507 e. The fourth-order valence-electron chi connectivity index (χ4n) is 4.75. The molecule has 5 aromatic rings. The number of rotatable bonds is 6. The molecule has 0 spiro atoms. The Kier molecular flexibility index (Phi) is 6.11. The van der Waals surface area contributed by atoms with Gasteiger partial charge in [-0.15, -0.1) is 0 Å². The van der Waals surface area contributed by atoms with Crippen molar-refractivity contribution in [3.05, 3.63) is 85.1 Å². The molecular formula is C28H27N7O2. The summed E-state index contributed by atoms with van der Waals surface area (Å²) in [6, 6.07) is 17.4. The number of para-hydroxylation sites is 1. The summed E-state index contributed by atoms with van der Waals surface area (Å²) in [5.41, 5.74) is 5.39. The standard InChI is InChI=1S/C28H27N7O2/c1-37-27-9-6-20(15-30-27)17-33-10-12-34(13-11-33)26-8-7-21(16-29-26)24-14-22(18-35-28(24)31-19-32-35)23-4-2-3-5-25(23)36/h2-9,14-16,18-19,36H,10-13,17H2,1H3. The summed E-state index contributed by atoms with van der Waals surface area (Å²) in [7, 11) is 1.63. The normalized spacial score (nSPS) is 14.2. The number of piperazine rings is 1. The van der Waals surface area contributed by atoms with Gasteiger partial charge >= 0.3 is 0 Å². The van der Waals surface area contributed by atoms with Crippen LogP contribution in [0.4, 0.5) is 5.82 Å². The average Bonchev–Trinajstić information content (AvgIpc) is 3.43. The number of nitrogens with zero attached hydrogens (tertiary/aromatic N) is 7. The molecule has 1 aromatic carbocycles. The van der Waals surface area contributed by atoms with E-state index in [-0.39, 0.29) is 5.75 Å². The van der Waals surface area contributed by atoms with Crippen molar-refractivity contribution in [3.8, 4) is 33.9 Å². The number of methoxy groups -OCH3 is 1. The van der Waals surface area contributed by atoms with Crippen molar-refractivity contribution in [2.45, 2.75) is 6.54 Å². The highest BCUT2D eigenvalue weighted by atomic mass is 16.5. The third-order valence-corrected chi connectivity index (χ3v) is 6.76. The van der Waals surface area contributed by atoms with E-state index in [1.807, 2.05) is 48.9 Å².